The summed E-state index contributed by atoms with van der Waals surface area (Å²) < 4.78 is 4.64. The molecule has 0 aromatic heterocycles. The zero-order valence-electron chi connectivity index (χ0n) is 5.97. The SMILES string of the molecule is COC(=O)C1CCCC1Br. The highest BCUT2D eigenvalue weighted by atomic mass is 79.9. The van der Waals surface area contributed by atoms with E-state index in [0.29, 0.717) is 4.83 Å². The molecule has 2 unspecified atom stereocenters. The van der Waals surface area contributed by atoms with Crippen LogP contribution in [0.15, 0.2) is 0 Å². The zero-order chi connectivity index (χ0) is 7.56. The van der Waals surface area contributed by atoms with Crippen molar-refractivity contribution >= 4 is 21.9 Å². The summed E-state index contributed by atoms with van der Waals surface area (Å²) in [5.74, 6) is 0.0318. The van der Waals surface area contributed by atoms with E-state index in [1.807, 2.05) is 0 Å². The predicted molar refractivity (Wildman–Crippen MR) is 42.1 cm³/mol. The Morgan fingerprint density at radius 2 is 2.30 bits per heavy atom. The predicted octanol–water partition coefficient (Wildman–Crippen LogP) is 1.72. The van der Waals surface area contributed by atoms with Crippen LogP contribution in [0.4, 0.5) is 0 Å². The Hall–Kier alpha value is -0.0500. The first kappa shape index (κ1) is 8.05. The highest BCUT2D eigenvalue weighted by Gasteiger charge is 2.31. The van der Waals surface area contributed by atoms with E-state index in [1.54, 1.807) is 0 Å². The maximum absolute atomic E-state index is 11.0. The molecule has 0 saturated heterocycles. The molecule has 58 valence electrons. The van der Waals surface area contributed by atoms with Gasteiger partial charge in [0.1, 0.15) is 0 Å². The van der Waals surface area contributed by atoms with E-state index < -0.39 is 0 Å². The van der Waals surface area contributed by atoms with Gasteiger partial charge in [0.15, 0.2) is 0 Å². The molecule has 1 aliphatic carbocycles. The molecule has 10 heavy (non-hydrogen) atoms. The Bertz CT molecular complexity index is 136. The largest absolute Gasteiger partial charge is 0.469 e. The Kier molecular flexibility index (Phi) is 2.72. The average Bonchev–Trinajstić information content (AvgIpc) is 2.34. The minimum Gasteiger partial charge on any atom is -0.469 e. The lowest BCUT2D eigenvalue weighted by molar-refractivity contribution is -0.144. The fourth-order valence-electron chi connectivity index (χ4n) is 1.33. The lowest BCUT2D eigenvalue weighted by atomic mass is 10.1. The summed E-state index contributed by atoms with van der Waals surface area (Å²) in [4.78, 5) is 11.3. The maximum atomic E-state index is 11.0. The summed E-state index contributed by atoms with van der Waals surface area (Å²) in [6.45, 7) is 0. The molecular weight excluding hydrogens is 196 g/mol. The lowest BCUT2D eigenvalue weighted by Gasteiger charge is -2.09. The number of carbonyl (C=O) groups excluding carboxylic acids is 1. The van der Waals surface area contributed by atoms with Crippen molar-refractivity contribution in [3.05, 3.63) is 0 Å². The van der Waals surface area contributed by atoms with Gasteiger partial charge in [-0.3, -0.25) is 4.79 Å². The van der Waals surface area contributed by atoms with Gasteiger partial charge in [0.25, 0.3) is 0 Å². The summed E-state index contributed by atoms with van der Waals surface area (Å²) in [6.07, 6.45) is 3.21. The smallest absolute Gasteiger partial charge is 0.309 e. The number of alkyl halides is 1. The number of esters is 1. The molecule has 1 fully saturated rings. The van der Waals surface area contributed by atoms with Crippen molar-refractivity contribution in [2.24, 2.45) is 5.92 Å². The van der Waals surface area contributed by atoms with Crippen molar-refractivity contribution in [2.75, 3.05) is 7.11 Å². The molecule has 0 bridgehead atoms. The first-order chi connectivity index (χ1) is 4.75. The van der Waals surface area contributed by atoms with E-state index in [0.717, 1.165) is 19.3 Å². The van der Waals surface area contributed by atoms with Gasteiger partial charge in [-0.1, -0.05) is 22.4 Å². The van der Waals surface area contributed by atoms with Crippen molar-refractivity contribution in [1.82, 2.24) is 0 Å². The number of rotatable bonds is 1. The van der Waals surface area contributed by atoms with E-state index in [-0.39, 0.29) is 11.9 Å². The number of hydrogen-bond acceptors (Lipinski definition) is 2. The molecule has 0 heterocycles. The zero-order valence-corrected chi connectivity index (χ0v) is 7.56. The molecule has 2 nitrogen and oxygen atoms in total. The fraction of sp³-hybridized carbons (Fsp3) is 0.857. The standard InChI is InChI=1S/C7H11BrO2/c1-10-7(9)5-3-2-4-6(5)8/h5-6H,2-4H2,1H3. The fourth-order valence-corrected chi connectivity index (χ4v) is 2.14. The highest BCUT2D eigenvalue weighted by molar-refractivity contribution is 9.09. The summed E-state index contributed by atoms with van der Waals surface area (Å²) in [5.41, 5.74) is 0. The van der Waals surface area contributed by atoms with Gasteiger partial charge < -0.3 is 4.74 Å². The number of hydrogen-bond donors (Lipinski definition) is 0. The number of carbonyl (C=O) groups is 1. The lowest BCUT2D eigenvalue weighted by Crippen LogP contribution is -2.19. The molecule has 0 radical (unpaired) electrons. The van der Waals surface area contributed by atoms with Gasteiger partial charge in [0.05, 0.1) is 13.0 Å². The number of halogens is 1. The van der Waals surface area contributed by atoms with Crippen LogP contribution in [0.2, 0.25) is 0 Å². The van der Waals surface area contributed by atoms with Crippen LogP contribution in [0, 0.1) is 5.92 Å². The van der Waals surface area contributed by atoms with Gasteiger partial charge in [0, 0.05) is 4.83 Å². The molecule has 1 rings (SSSR count). The van der Waals surface area contributed by atoms with Crippen LogP contribution >= 0.6 is 15.9 Å². The molecule has 0 aliphatic heterocycles. The average molecular weight is 207 g/mol. The van der Waals surface area contributed by atoms with Gasteiger partial charge in [-0.15, -0.1) is 0 Å². The summed E-state index contributed by atoms with van der Waals surface area (Å²) in [7, 11) is 1.44. The number of ether oxygens (including phenoxy) is 1. The molecule has 0 aromatic rings. The van der Waals surface area contributed by atoms with E-state index in [2.05, 4.69) is 20.7 Å². The monoisotopic (exact) mass is 206 g/mol. The molecule has 1 aliphatic rings. The molecule has 0 amide bonds. The molecule has 0 spiro atoms. The van der Waals surface area contributed by atoms with Crippen molar-refractivity contribution in [3.63, 3.8) is 0 Å². The Labute approximate surface area is 69.1 Å². The first-order valence-electron chi connectivity index (χ1n) is 3.47. The number of methoxy groups -OCH3 is 1. The summed E-state index contributed by atoms with van der Waals surface area (Å²) in [5, 5.41) is 0. The minimum absolute atomic E-state index is 0.0700. The normalized spacial score (nSPS) is 32.2. The van der Waals surface area contributed by atoms with Gasteiger partial charge in [-0.25, -0.2) is 0 Å². The van der Waals surface area contributed by atoms with Crippen LogP contribution < -0.4 is 0 Å². The quantitative estimate of drug-likeness (QED) is 0.483. The van der Waals surface area contributed by atoms with Crippen molar-refractivity contribution in [3.8, 4) is 0 Å². The molecule has 0 aromatic carbocycles. The van der Waals surface area contributed by atoms with E-state index in [4.69, 9.17) is 0 Å². The molecule has 1 saturated carbocycles. The Morgan fingerprint density at radius 3 is 2.70 bits per heavy atom. The van der Waals surface area contributed by atoms with E-state index >= 15 is 0 Å². The van der Waals surface area contributed by atoms with Crippen molar-refractivity contribution < 1.29 is 9.53 Å². The maximum Gasteiger partial charge on any atom is 0.309 e. The Balaban J connectivity index is 2.46. The molecular formula is C7H11BrO2. The third-order valence-electron chi connectivity index (χ3n) is 1.94. The Morgan fingerprint density at radius 1 is 1.60 bits per heavy atom. The minimum atomic E-state index is -0.0700. The second-order valence-corrected chi connectivity index (χ2v) is 3.75. The highest BCUT2D eigenvalue weighted by Crippen LogP contribution is 2.31. The first-order valence-corrected chi connectivity index (χ1v) is 4.39. The van der Waals surface area contributed by atoms with Gasteiger partial charge in [0.2, 0.25) is 0 Å². The molecule has 2 atom stereocenters. The van der Waals surface area contributed by atoms with Gasteiger partial charge in [-0.2, -0.15) is 0 Å². The summed E-state index contributed by atoms with van der Waals surface area (Å²) in [6, 6.07) is 0. The second kappa shape index (κ2) is 3.37. The van der Waals surface area contributed by atoms with E-state index in [9.17, 15) is 4.79 Å². The molecule has 3 heteroatoms. The van der Waals surface area contributed by atoms with Crippen LogP contribution in [-0.4, -0.2) is 17.9 Å². The van der Waals surface area contributed by atoms with Crippen LogP contribution in [0.5, 0.6) is 0 Å². The van der Waals surface area contributed by atoms with Crippen LogP contribution in [0.3, 0.4) is 0 Å². The van der Waals surface area contributed by atoms with Gasteiger partial charge >= 0.3 is 5.97 Å². The third-order valence-corrected chi connectivity index (χ3v) is 3.03. The van der Waals surface area contributed by atoms with Crippen molar-refractivity contribution in [1.29, 1.82) is 0 Å². The van der Waals surface area contributed by atoms with Crippen LogP contribution in [0.25, 0.3) is 0 Å². The van der Waals surface area contributed by atoms with E-state index in [1.165, 1.54) is 7.11 Å². The topological polar surface area (TPSA) is 26.3 Å². The second-order valence-electron chi connectivity index (χ2n) is 2.58. The third kappa shape index (κ3) is 1.51. The molecule has 0 N–H and O–H groups in total. The summed E-state index contributed by atoms with van der Waals surface area (Å²) >= 11 is 3.45. The van der Waals surface area contributed by atoms with Gasteiger partial charge in [-0.05, 0) is 12.8 Å². The van der Waals surface area contributed by atoms with Crippen LogP contribution in [-0.2, 0) is 9.53 Å². The van der Waals surface area contributed by atoms with Crippen molar-refractivity contribution in [2.45, 2.75) is 24.1 Å². The van der Waals surface area contributed by atoms with Crippen LogP contribution in [0.1, 0.15) is 19.3 Å².